The number of nitrogens with zero attached hydrogens (tertiary/aromatic N) is 3. The number of hydrogen-bond donors (Lipinski definition) is 2. The molecule has 2 fully saturated rings. The topological polar surface area (TPSA) is 190 Å². The van der Waals surface area contributed by atoms with Crippen LogP contribution in [0.1, 0.15) is 81.3 Å². The van der Waals surface area contributed by atoms with Crippen molar-refractivity contribution >= 4 is 17.5 Å². The minimum absolute atomic E-state index is 0.0103. The molecule has 64 heavy (non-hydrogen) atoms. The number of carbonyl (C=O) groups is 1. The molecule has 1 saturated carbocycles. The molecule has 3 aromatic rings. The Bertz CT molecular complexity index is 2210. The van der Waals surface area contributed by atoms with Crippen LogP contribution < -0.4 is 18.9 Å². The van der Waals surface area contributed by atoms with Crippen LogP contribution in [0, 0.1) is 27.9 Å². The summed E-state index contributed by atoms with van der Waals surface area (Å²) in [6.45, 7) is 4.93. The third kappa shape index (κ3) is 9.41. The van der Waals surface area contributed by atoms with E-state index in [0.29, 0.717) is 60.3 Å². The first-order valence-electron chi connectivity index (χ1n) is 22.3. The van der Waals surface area contributed by atoms with Gasteiger partial charge in [-0.2, -0.15) is 0 Å². The Morgan fingerprint density at radius 1 is 1.00 bits per heavy atom. The first kappa shape index (κ1) is 44.9. The van der Waals surface area contributed by atoms with E-state index in [-0.39, 0.29) is 63.0 Å². The fraction of sp³-hybridized carbons (Fsp3) is 0.500. The van der Waals surface area contributed by atoms with Crippen LogP contribution in [0.5, 0.6) is 28.7 Å². The number of nitro benzene ring substituents is 1. The maximum absolute atomic E-state index is 14.4. The number of methoxy groups -OCH3 is 1. The maximum atomic E-state index is 14.4. The fourth-order valence-electron chi connectivity index (χ4n) is 10.1. The van der Waals surface area contributed by atoms with E-state index >= 15 is 0 Å². The number of unbranched alkanes of at least 4 members (excludes halogenated alkanes) is 2. The lowest BCUT2D eigenvalue weighted by molar-refractivity contribution is -0.384. The van der Waals surface area contributed by atoms with Crippen molar-refractivity contribution in [2.45, 2.75) is 94.8 Å². The lowest BCUT2D eigenvalue weighted by atomic mass is 9.55. The second-order valence-electron chi connectivity index (χ2n) is 16.8. The molecule has 16 nitrogen and oxygen atoms in total. The van der Waals surface area contributed by atoms with Gasteiger partial charge >= 0.3 is 6.09 Å². The van der Waals surface area contributed by atoms with Crippen molar-refractivity contribution in [1.29, 1.82) is 0 Å². The molecule has 7 atom stereocenters. The molecule has 16 heteroatoms. The number of non-ortho nitro benzene ring substituents is 1. The lowest BCUT2D eigenvalue weighted by Gasteiger charge is -2.59. The number of aliphatic hydroxyl groups excluding tert-OH is 2. The summed E-state index contributed by atoms with van der Waals surface area (Å²) in [6.07, 6.45) is 9.68. The molecule has 3 heterocycles. The minimum atomic E-state index is -1.55. The number of aliphatic hydroxyl groups is 2. The Hall–Kier alpha value is -5.68. The number of carbonyl (C=O) groups excluding carboxylic acids is 1. The van der Waals surface area contributed by atoms with E-state index in [4.69, 9.17) is 43.2 Å². The molecular formula is C48H57N3O13. The van der Waals surface area contributed by atoms with Crippen LogP contribution in [-0.4, -0.2) is 90.3 Å². The van der Waals surface area contributed by atoms with Gasteiger partial charge in [0.1, 0.15) is 23.3 Å². The Morgan fingerprint density at radius 3 is 2.56 bits per heavy atom. The molecule has 2 aliphatic carbocycles. The highest BCUT2D eigenvalue weighted by atomic mass is 16.8. The fourth-order valence-corrected chi connectivity index (χ4v) is 10.1. The first-order chi connectivity index (χ1) is 31.3. The van der Waals surface area contributed by atoms with Crippen LogP contribution in [0.4, 0.5) is 10.5 Å². The third-order valence-electron chi connectivity index (χ3n) is 12.9. The zero-order chi connectivity index (χ0) is 44.6. The Kier molecular flexibility index (Phi) is 14.3. The Morgan fingerprint density at radius 2 is 1.80 bits per heavy atom. The zero-order valence-electron chi connectivity index (χ0n) is 36.1. The molecule has 0 bridgehead atoms. The quantitative estimate of drug-likeness (QED) is 0.0505. The Balaban J connectivity index is 1.32. The molecule has 1 amide bonds. The minimum Gasteiger partial charge on any atom is -0.459 e. The SMILES string of the molecule is C=CCO[C@@]12Oc3ccc(Oc4cccc([N+](=O)[O-])c4)cc3[C@H]3[C@H](CCCCO)[C@@H](CCCCO)C=C(C(=NOC4CCCCO4)C[C@@H]1N(Cc1ccc4c(c1)OCO4)C(=O)OC)[C@H]32. The standard InChI is InChI=1S/C48H57N3O13/c1-3-22-61-48-43(50(47(54)57-2)29-31-16-18-41-42(24-31)60-30-59-41)28-39(49-64-44-15-6-9-23-58-44)37-25-32(11-4-7-20-52)36(14-5-8-21-53)45(46(37)48)38-27-35(17-19-40(38)63-48)62-34-13-10-12-33(26-34)51(55)56/h3,10,12-13,16-19,24-27,32,36,43-46,52-53H,1,4-9,11,14-15,20-23,28-30H2,2H3/t32-,36+,43-,44?,45+,46+,48+/m0/s1. The van der Waals surface area contributed by atoms with Crippen LogP contribution in [0.3, 0.4) is 0 Å². The molecule has 5 aliphatic rings. The molecule has 0 radical (unpaired) electrons. The van der Waals surface area contributed by atoms with E-state index in [1.807, 2.05) is 30.3 Å². The van der Waals surface area contributed by atoms with Gasteiger partial charge in [-0.05, 0) is 97.9 Å². The summed E-state index contributed by atoms with van der Waals surface area (Å²) >= 11 is 0. The molecule has 2 N–H and O–H groups in total. The molecule has 0 aromatic heterocycles. The highest BCUT2D eigenvalue weighted by molar-refractivity contribution is 6.03. The van der Waals surface area contributed by atoms with Gasteiger partial charge in [-0.1, -0.05) is 42.3 Å². The average molecular weight is 884 g/mol. The zero-order valence-corrected chi connectivity index (χ0v) is 36.1. The summed E-state index contributed by atoms with van der Waals surface area (Å²) in [4.78, 5) is 33.5. The van der Waals surface area contributed by atoms with E-state index < -0.39 is 35.1 Å². The summed E-state index contributed by atoms with van der Waals surface area (Å²) in [6, 6.07) is 16.2. The van der Waals surface area contributed by atoms with Crippen LogP contribution >= 0.6 is 0 Å². The van der Waals surface area contributed by atoms with Crippen LogP contribution in [0.25, 0.3) is 0 Å². The highest BCUT2D eigenvalue weighted by Crippen LogP contribution is 2.62. The normalized spacial score (nSPS) is 25.9. The molecule has 1 saturated heterocycles. The summed E-state index contributed by atoms with van der Waals surface area (Å²) < 4.78 is 43.6. The van der Waals surface area contributed by atoms with Gasteiger partial charge in [0, 0.05) is 50.1 Å². The third-order valence-corrected chi connectivity index (χ3v) is 12.9. The number of amides is 1. The van der Waals surface area contributed by atoms with Crippen molar-refractivity contribution in [2.24, 2.45) is 22.9 Å². The monoisotopic (exact) mass is 883 g/mol. The van der Waals surface area contributed by atoms with Gasteiger partial charge < -0.3 is 48.2 Å². The summed E-state index contributed by atoms with van der Waals surface area (Å²) in [5.74, 6) is -0.117. The van der Waals surface area contributed by atoms with E-state index in [2.05, 4.69) is 12.7 Å². The number of allylic oxidation sites excluding steroid dienone is 1. The van der Waals surface area contributed by atoms with E-state index in [0.717, 1.165) is 55.2 Å². The van der Waals surface area contributed by atoms with Gasteiger partial charge in [0.15, 0.2) is 11.5 Å². The molecule has 8 rings (SSSR count). The number of oxime groups is 1. The molecule has 0 spiro atoms. The predicted molar refractivity (Wildman–Crippen MR) is 233 cm³/mol. The molecule has 3 aliphatic heterocycles. The van der Waals surface area contributed by atoms with Crippen molar-refractivity contribution in [3.8, 4) is 28.7 Å². The number of fused-ring (bicyclic) bond motifs is 3. The van der Waals surface area contributed by atoms with Gasteiger partial charge in [0.05, 0.1) is 42.9 Å². The van der Waals surface area contributed by atoms with Gasteiger partial charge in [0.25, 0.3) is 5.69 Å². The lowest BCUT2D eigenvalue weighted by Crippen LogP contribution is -2.70. The smallest absolute Gasteiger partial charge is 0.410 e. The van der Waals surface area contributed by atoms with Gasteiger partial charge in [-0.3, -0.25) is 15.0 Å². The van der Waals surface area contributed by atoms with Crippen LogP contribution in [-0.2, 0) is 25.6 Å². The van der Waals surface area contributed by atoms with Crippen molar-refractivity contribution in [1.82, 2.24) is 4.90 Å². The van der Waals surface area contributed by atoms with Gasteiger partial charge in [-0.15, -0.1) is 6.58 Å². The van der Waals surface area contributed by atoms with Crippen molar-refractivity contribution in [3.63, 3.8) is 0 Å². The number of nitro groups is 1. The Labute approximate surface area is 372 Å². The number of benzene rings is 3. The van der Waals surface area contributed by atoms with E-state index in [9.17, 15) is 25.1 Å². The van der Waals surface area contributed by atoms with Crippen LogP contribution in [0.2, 0.25) is 0 Å². The summed E-state index contributed by atoms with van der Waals surface area (Å²) in [7, 11) is 1.34. The van der Waals surface area contributed by atoms with Crippen LogP contribution in [0.15, 0.2) is 90.1 Å². The van der Waals surface area contributed by atoms with E-state index in [1.165, 1.54) is 19.2 Å². The van der Waals surface area contributed by atoms with Gasteiger partial charge in [-0.25, -0.2) is 4.79 Å². The predicted octanol–water partition coefficient (Wildman–Crippen LogP) is 8.54. The maximum Gasteiger partial charge on any atom is 0.410 e. The van der Waals surface area contributed by atoms with Crippen molar-refractivity contribution in [3.05, 3.63) is 106 Å². The highest BCUT2D eigenvalue weighted by Gasteiger charge is 2.65. The number of ether oxygens (including phenoxy) is 7. The van der Waals surface area contributed by atoms with E-state index in [1.54, 1.807) is 29.2 Å². The largest absolute Gasteiger partial charge is 0.459 e. The summed E-state index contributed by atoms with van der Waals surface area (Å²) in [5.41, 5.74) is 2.96. The second kappa shape index (κ2) is 20.4. The number of hydrogen-bond acceptors (Lipinski definition) is 14. The summed E-state index contributed by atoms with van der Waals surface area (Å²) in [5, 5.41) is 36.5. The second-order valence-corrected chi connectivity index (χ2v) is 16.8. The molecule has 3 aromatic carbocycles. The first-order valence-corrected chi connectivity index (χ1v) is 22.3. The molecule has 1 unspecified atom stereocenters. The van der Waals surface area contributed by atoms with Crippen molar-refractivity contribution in [2.75, 3.05) is 40.3 Å². The van der Waals surface area contributed by atoms with Crippen molar-refractivity contribution < 1.29 is 57.9 Å². The molecular weight excluding hydrogens is 827 g/mol. The van der Waals surface area contributed by atoms with Gasteiger partial charge in [0.2, 0.25) is 18.9 Å². The molecule has 342 valence electrons. The number of rotatable bonds is 19. The average Bonchev–Trinajstić information content (AvgIpc) is 3.79.